The molecule has 0 saturated carbocycles. The molecule has 9 heteroatoms. The topological polar surface area (TPSA) is 106 Å². The SMILES string of the molecule is O=Cc1ccc(OCCCCc2cn(CCOCCOc3ccc(-c4cc(=O)c5ccccc5o4)cc3)nn2)cc1. The highest BCUT2D eigenvalue weighted by Crippen LogP contribution is 2.24. The molecule has 41 heavy (non-hydrogen) atoms. The van der Waals surface area contributed by atoms with Crippen molar-refractivity contribution < 1.29 is 23.4 Å². The van der Waals surface area contributed by atoms with Gasteiger partial charge in [0.05, 0.1) is 37.4 Å². The van der Waals surface area contributed by atoms with Gasteiger partial charge < -0.3 is 18.6 Å². The van der Waals surface area contributed by atoms with Crippen molar-refractivity contribution in [3.8, 4) is 22.8 Å². The molecule has 0 spiro atoms. The van der Waals surface area contributed by atoms with E-state index in [2.05, 4.69) is 10.3 Å². The molecule has 0 fully saturated rings. The highest BCUT2D eigenvalue weighted by Gasteiger charge is 2.07. The lowest BCUT2D eigenvalue weighted by Gasteiger charge is -2.08. The van der Waals surface area contributed by atoms with Crippen LogP contribution >= 0.6 is 0 Å². The molecule has 9 nitrogen and oxygen atoms in total. The minimum atomic E-state index is -0.0665. The second-order valence-electron chi connectivity index (χ2n) is 9.42. The van der Waals surface area contributed by atoms with E-state index in [0.717, 1.165) is 42.6 Å². The Hall–Kier alpha value is -4.76. The van der Waals surface area contributed by atoms with E-state index in [1.54, 1.807) is 41.1 Å². The second kappa shape index (κ2) is 14.0. The number of aryl methyl sites for hydroxylation is 1. The molecule has 5 rings (SSSR count). The van der Waals surface area contributed by atoms with Crippen molar-refractivity contribution in [1.29, 1.82) is 0 Å². The lowest BCUT2D eigenvalue weighted by atomic mass is 10.1. The monoisotopic (exact) mass is 553 g/mol. The Kier molecular flexibility index (Phi) is 9.52. The zero-order valence-corrected chi connectivity index (χ0v) is 22.6. The van der Waals surface area contributed by atoms with Gasteiger partial charge in [-0.15, -0.1) is 5.10 Å². The van der Waals surface area contributed by atoms with Gasteiger partial charge in [-0.2, -0.15) is 0 Å². The lowest BCUT2D eigenvalue weighted by molar-refractivity contribution is 0.0923. The molecule has 0 radical (unpaired) electrons. The lowest BCUT2D eigenvalue weighted by Crippen LogP contribution is -2.11. The minimum Gasteiger partial charge on any atom is -0.494 e. The highest BCUT2D eigenvalue weighted by atomic mass is 16.5. The van der Waals surface area contributed by atoms with Crippen molar-refractivity contribution in [2.24, 2.45) is 0 Å². The Morgan fingerprint density at radius 1 is 0.829 bits per heavy atom. The van der Waals surface area contributed by atoms with Gasteiger partial charge in [0, 0.05) is 23.4 Å². The summed E-state index contributed by atoms with van der Waals surface area (Å²) in [5.74, 6) is 1.99. The highest BCUT2D eigenvalue weighted by molar-refractivity contribution is 5.78. The van der Waals surface area contributed by atoms with Crippen LogP contribution < -0.4 is 14.9 Å². The number of unbranched alkanes of at least 4 members (excludes halogenated alkanes) is 1. The Morgan fingerprint density at radius 2 is 1.59 bits per heavy atom. The van der Waals surface area contributed by atoms with Gasteiger partial charge in [-0.1, -0.05) is 17.3 Å². The van der Waals surface area contributed by atoms with Gasteiger partial charge in [-0.25, -0.2) is 4.68 Å². The first-order chi connectivity index (χ1) is 20.2. The smallest absolute Gasteiger partial charge is 0.193 e. The van der Waals surface area contributed by atoms with Crippen molar-refractivity contribution in [3.05, 3.63) is 107 Å². The van der Waals surface area contributed by atoms with Gasteiger partial charge in [0.2, 0.25) is 0 Å². The molecule has 0 unspecified atom stereocenters. The third-order valence-corrected chi connectivity index (χ3v) is 6.43. The summed E-state index contributed by atoms with van der Waals surface area (Å²) in [6.07, 6.45) is 5.42. The molecule has 210 valence electrons. The fourth-order valence-electron chi connectivity index (χ4n) is 4.24. The molecule has 0 aliphatic rings. The summed E-state index contributed by atoms with van der Waals surface area (Å²) in [6.45, 7) is 2.58. The van der Waals surface area contributed by atoms with Gasteiger partial charge >= 0.3 is 0 Å². The predicted molar refractivity (Wildman–Crippen MR) is 155 cm³/mol. The number of fused-ring (bicyclic) bond motifs is 1. The van der Waals surface area contributed by atoms with E-state index < -0.39 is 0 Å². The summed E-state index contributed by atoms with van der Waals surface area (Å²) in [5.41, 5.74) is 2.88. The van der Waals surface area contributed by atoms with Crippen LogP contribution in [0, 0.1) is 0 Å². The van der Waals surface area contributed by atoms with Crippen LogP contribution in [-0.4, -0.2) is 47.7 Å². The summed E-state index contributed by atoms with van der Waals surface area (Å²) < 4.78 is 24.8. The number of carbonyl (C=O) groups excluding carboxylic acids is 1. The zero-order valence-electron chi connectivity index (χ0n) is 22.6. The number of hydrogen-bond acceptors (Lipinski definition) is 8. The van der Waals surface area contributed by atoms with Gasteiger partial charge in [0.1, 0.15) is 35.7 Å². The number of para-hydroxylation sites is 1. The molecule has 0 atom stereocenters. The number of ether oxygens (including phenoxy) is 3. The summed E-state index contributed by atoms with van der Waals surface area (Å²) in [7, 11) is 0. The number of aldehydes is 1. The van der Waals surface area contributed by atoms with Crippen LogP contribution in [0.15, 0.2) is 94.3 Å². The maximum absolute atomic E-state index is 12.4. The van der Waals surface area contributed by atoms with E-state index in [9.17, 15) is 9.59 Å². The zero-order chi connectivity index (χ0) is 28.3. The molecular weight excluding hydrogens is 522 g/mol. The van der Waals surface area contributed by atoms with Crippen molar-refractivity contribution in [1.82, 2.24) is 15.0 Å². The van der Waals surface area contributed by atoms with Crippen LogP contribution in [0.5, 0.6) is 11.5 Å². The summed E-state index contributed by atoms with van der Waals surface area (Å²) in [5, 5.41) is 8.97. The van der Waals surface area contributed by atoms with Gasteiger partial charge in [0.25, 0.3) is 0 Å². The number of rotatable bonds is 15. The molecule has 2 heterocycles. The van der Waals surface area contributed by atoms with Crippen LogP contribution in [0.25, 0.3) is 22.3 Å². The van der Waals surface area contributed by atoms with Crippen molar-refractivity contribution in [2.45, 2.75) is 25.8 Å². The maximum atomic E-state index is 12.4. The van der Waals surface area contributed by atoms with Crippen LogP contribution in [0.3, 0.4) is 0 Å². The molecule has 0 aliphatic heterocycles. The van der Waals surface area contributed by atoms with Crippen LogP contribution in [-0.2, 0) is 17.7 Å². The molecular formula is C32H31N3O6. The Balaban J connectivity index is 0.952. The summed E-state index contributed by atoms with van der Waals surface area (Å²) in [4.78, 5) is 23.1. The molecule has 0 bridgehead atoms. The van der Waals surface area contributed by atoms with E-state index >= 15 is 0 Å². The first-order valence-corrected chi connectivity index (χ1v) is 13.6. The molecule has 3 aromatic carbocycles. The van der Waals surface area contributed by atoms with Crippen molar-refractivity contribution >= 4 is 17.3 Å². The van der Waals surface area contributed by atoms with E-state index in [0.29, 0.717) is 61.0 Å². The average molecular weight is 554 g/mol. The fourth-order valence-corrected chi connectivity index (χ4v) is 4.24. The molecule has 0 N–H and O–H groups in total. The number of nitrogens with zero attached hydrogens (tertiary/aromatic N) is 3. The van der Waals surface area contributed by atoms with E-state index in [1.165, 1.54) is 6.07 Å². The molecule has 0 amide bonds. The molecule has 0 saturated heterocycles. The average Bonchev–Trinajstić information content (AvgIpc) is 3.47. The number of benzene rings is 3. The molecule has 0 aliphatic carbocycles. The Labute approximate surface area is 237 Å². The van der Waals surface area contributed by atoms with E-state index in [-0.39, 0.29) is 5.43 Å². The first kappa shape index (κ1) is 27.8. The number of aromatic nitrogens is 3. The third-order valence-electron chi connectivity index (χ3n) is 6.43. The quantitative estimate of drug-likeness (QED) is 0.126. The van der Waals surface area contributed by atoms with Gasteiger partial charge in [-0.05, 0) is 79.9 Å². The number of hydrogen-bond donors (Lipinski definition) is 0. The standard InChI is InChI=1S/C32H31N3O6/c36-23-24-8-12-27(13-9-24)39-17-4-3-5-26-22-35(34-33-26)16-18-38-19-20-40-28-14-10-25(11-15-28)32-21-30(37)29-6-1-2-7-31(29)41-32/h1-2,6-15,21-23H,3-5,16-20H2. The van der Waals surface area contributed by atoms with Crippen LogP contribution in [0.4, 0.5) is 0 Å². The summed E-state index contributed by atoms with van der Waals surface area (Å²) in [6, 6.07) is 23.2. The van der Waals surface area contributed by atoms with Crippen molar-refractivity contribution in [3.63, 3.8) is 0 Å². The minimum absolute atomic E-state index is 0.0665. The third kappa shape index (κ3) is 7.89. The molecule has 2 aromatic heterocycles. The second-order valence-corrected chi connectivity index (χ2v) is 9.42. The number of carbonyl (C=O) groups is 1. The van der Waals surface area contributed by atoms with Crippen LogP contribution in [0.2, 0.25) is 0 Å². The van der Waals surface area contributed by atoms with Crippen molar-refractivity contribution in [2.75, 3.05) is 26.4 Å². The normalized spacial score (nSPS) is 11.0. The maximum Gasteiger partial charge on any atom is 0.193 e. The van der Waals surface area contributed by atoms with Gasteiger partial charge in [-0.3, -0.25) is 9.59 Å². The predicted octanol–water partition coefficient (Wildman–Crippen LogP) is 5.36. The Morgan fingerprint density at radius 3 is 2.39 bits per heavy atom. The fraction of sp³-hybridized carbons (Fsp3) is 0.250. The largest absolute Gasteiger partial charge is 0.494 e. The van der Waals surface area contributed by atoms with E-state index in [1.807, 2.05) is 42.6 Å². The van der Waals surface area contributed by atoms with E-state index in [4.69, 9.17) is 18.6 Å². The summed E-state index contributed by atoms with van der Waals surface area (Å²) >= 11 is 0. The molecule has 5 aromatic rings. The first-order valence-electron chi connectivity index (χ1n) is 13.6. The van der Waals surface area contributed by atoms with Crippen LogP contribution in [0.1, 0.15) is 28.9 Å². The Bertz CT molecular complexity index is 1610. The van der Waals surface area contributed by atoms with Gasteiger partial charge in [0.15, 0.2) is 5.43 Å².